The van der Waals surface area contributed by atoms with Crippen molar-refractivity contribution in [2.75, 3.05) is 31.1 Å². The molecule has 1 fully saturated rings. The molecular formula is C22H26N4S. The molecule has 0 radical (unpaired) electrons. The maximum absolute atomic E-state index is 5.00. The van der Waals surface area contributed by atoms with Crippen molar-refractivity contribution >= 4 is 27.4 Å². The van der Waals surface area contributed by atoms with Crippen LogP contribution in [-0.4, -0.2) is 41.0 Å². The van der Waals surface area contributed by atoms with Gasteiger partial charge in [0.05, 0.1) is 5.39 Å². The first-order valence-corrected chi connectivity index (χ1v) is 11.0. The number of fused-ring (bicyclic) bond motifs is 3. The highest BCUT2D eigenvalue weighted by molar-refractivity contribution is 7.19. The third-order valence-electron chi connectivity index (χ3n) is 5.83. The minimum Gasteiger partial charge on any atom is -0.353 e. The normalized spacial score (nSPS) is 17.6. The molecule has 5 rings (SSSR count). The molecule has 3 aromatic rings. The Kier molecular flexibility index (Phi) is 4.58. The molecule has 0 saturated carbocycles. The predicted molar refractivity (Wildman–Crippen MR) is 113 cm³/mol. The van der Waals surface area contributed by atoms with Gasteiger partial charge in [-0.05, 0) is 30.4 Å². The maximum atomic E-state index is 5.00. The van der Waals surface area contributed by atoms with Crippen LogP contribution >= 0.6 is 11.3 Å². The summed E-state index contributed by atoms with van der Waals surface area (Å²) in [6.07, 6.45) is 4.61. The number of rotatable bonds is 4. The summed E-state index contributed by atoms with van der Waals surface area (Å²) < 4.78 is 0. The fourth-order valence-electron chi connectivity index (χ4n) is 4.37. The molecule has 2 aromatic heterocycles. The Balaban J connectivity index is 1.40. The number of aryl methyl sites for hydroxylation is 3. The van der Waals surface area contributed by atoms with Crippen LogP contribution in [0.25, 0.3) is 10.2 Å². The highest BCUT2D eigenvalue weighted by Crippen LogP contribution is 2.40. The van der Waals surface area contributed by atoms with Gasteiger partial charge in [-0.15, -0.1) is 11.3 Å². The summed E-state index contributed by atoms with van der Waals surface area (Å²) in [7, 11) is 0. The zero-order valence-corrected chi connectivity index (χ0v) is 16.8. The third-order valence-corrected chi connectivity index (χ3v) is 7.01. The monoisotopic (exact) mass is 378 g/mol. The van der Waals surface area contributed by atoms with Crippen molar-refractivity contribution in [2.45, 2.75) is 39.2 Å². The molecule has 2 aliphatic rings. The molecule has 140 valence electrons. The van der Waals surface area contributed by atoms with E-state index in [1.165, 1.54) is 40.9 Å². The molecule has 0 atom stereocenters. The van der Waals surface area contributed by atoms with Crippen molar-refractivity contribution in [3.63, 3.8) is 0 Å². The van der Waals surface area contributed by atoms with E-state index in [1.54, 1.807) is 10.4 Å². The minimum atomic E-state index is 0.902. The highest BCUT2D eigenvalue weighted by atomic mass is 32.1. The molecule has 1 aliphatic heterocycles. The SMILES string of the molecule is CCc1nc(N2CCN(Cc3ccccc3)CC2)c2c3c(sc2n1)CCC3. The summed E-state index contributed by atoms with van der Waals surface area (Å²) in [5.41, 5.74) is 2.94. The molecule has 3 heterocycles. The molecule has 27 heavy (non-hydrogen) atoms. The smallest absolute Gasteiger partial charge is 0.141 e. The van der Waals surface area contributed by atoms with Crippen LogP contribution in [0.1, 0.15) is 35.2 Å². The topological polar surface area (TPSA) is 32.3 Å². The molecule has 1 aromatic carbocycles. The number of hydrogen-bond donors (Lipinski definition) is 0. The lowest BCUT2D eigenvalue weighted by Gasteiger charge is -2.36. The minimum absolute atomic E-state index is 0.902. The number of piperazine rings is 1. The van der Waals surface area contributed by atoms with Gasteiger partial charge in [-0.25, -0.2) is 9.97 Å². The third kappa shape index (κ3) is 3.23. The predicted octanol–water partition coefficient (Wildman–Crippen LogP) is 4.06. The van der Waals surface area contributed by atoms with Crippen LogP contribution in [0, 0.1) is 0 Å². The molecule has 0 spiro atoms. The summed E-state index contributed by atoms with van der Waals surface area (Å²) in [6.45, 7) is 7.48. The average molecular weight is 379 g/mol. The van der Waals surface area contributed by atoms with Crippen LogP contribution in [0.15, 0.2) is 30.3 Å². The van der Waals surface area contributed by atoms with Crippen molar-refractivity contribution in [1.82, 2.24) is 14.9 Å². The van der Waals surface area contributed by atoms with E-state index in [2.05, 4.69) is 47.1 Å². The Morgan fingerprint density at radius 1 is 1.00 bits per heavy atom. The Morgan fingerprint density at radius 3 is 2.59 bits per heavy atom. The molecule has 4 nitrogen and oxygen atoms in total. The van der Waals surface area contributed by atoms with Gasteiger partial charge in [-0.1, -0.05) is 37.3 Å². The zero-order chi connectivity index (χ0) is 18.2. The lowest BCUT2D eigenvalue weighted by molar-refractivity contribution is 0.249. The summed E-state index contributed by atoms with van der Waals surface area (Å²) >= 11 is 1.91. The van der Waals surface area contributed by atoms with Crippen molar-refractivity contribution < 1.29 is 0 Å². The van der Waals surface area contributed by atoms with E-state index in [0.717, 1.165) is 45.0 Å². The van der Waals surface area contributed by atoms with Gasteiger partial charge >= 0.3 is 0 Å². The van der Waals surface area contributed by atoms with E-state index in [0.29, 0.717) is 0 Å². The van der Waals surface area contributed by atoms with Gasteiger partial charge in [0.1, 0.15) is 16.5 Å². The number of anilines is 1. The Bertz CT molecular complexity index is 942. The summed E-state index contributed by atoms with van der Waals surface area (Å²) in [5.74, 6) is 2.19. The molecule has 0 N–H and O–H groups in total. The largest absolute Gasteiger partial charge is 0.353 e. The Labute approximate surface area is 164 Å². The zero-order valence-electron chi connectivity index (χ0n) is 15.9. The molecular weight excluding hydrogens is 352 g/mol. The first-order chi connectivity index (χ1) is 13.3. The van der Waals surface area contributed by atoms with Crippen LogP contribution in [0.2, 0.25) is 0 Å². The van der Waals surface area contributed by atoms with Crippen LogP contribution in [0.4, 0.5) is 5.82 Å². The molecule has 5 heteroatoms. The van der Waals surface area contributed by atoms with E-state index in [-0.39, 0.29) is 0 Å². The standard InChI is InChI=1S/C22H26N4S/c1-2-19-23-21(20-17-9-6-10-18(17)27-22(20)24-19)26-13-11-25(12-14-26)15-16-7-4-3-5-8-16/h3-5,7-8H,2,6,9-15H2,1H3. The number of thiophene rings is 1. The highest BCUT2D eigenvalue weighted by Gasteiger charge is 2.26. The van der Waals surface area contributed by atoms with Crippen molar-refractivity contribution in [3.8, 4) is 0 Å². The van der Waals surface area contributed by atoms with Crippen molar-refractivity contribution in [1.29, 1.82) is 0 Å². The average Bonchev–Trinajstić information content (AvgIpc) is 3.29. The number of hydrogen-bond acceptors (Lipinski definition) is 5. The van der Waals surface area contributed by atoms with Crippen LogP contribution < -0.4 is 4.90 Å². The second-order valence-electron chi connectivity index (χ2n) is 7.60. The van der Waals surface area contributed by atoms with Crippen LogP contribution in [-0.2, 0) is 25.8 Å². The quantitative estimate of drug-likeness (QED) is 0.685. The molecule has 1 aliphatic carbocycles. The fourth-order valence-corrected chi connectivity index (χ4v) is 5.64. The lowest BCUT2D eigenvalue weighted by atomic mass is 10.1. The van der Waals surface area contributed by atoms with E-state index >= 15 is 0 Å². The van der Waals surface area contributed by atoms with Gasteiger partial charge in [-0.3, -0.25) is 4.90 Å². The summed E-state index contributed by atoms with van der Waals surface area (Å²) in [5, 5.41) is 1.36. The van der Waals surface area contributed by atoms with E-state index in [9.17, 15) is 0 Å². The van der Waals surface area contributed by atoms with Crippen molar-refractivity contribution in [2.24, 2.45) is 0 Å². The van der Waals surface area contributed by atoms with Gasteiger partial charge in [0, 0.05) is 44.0 Å². The van der Waals surface area contributed by atoms with Gasteiger partial charge in [0.15, 0.2) is 0 Å². The number of nitrogens with zero attached hydrogens (tertiary/aromatic N) is 4. The van der Waals surface area contributed by atoms with Gasteiger partial charge < -0.3 is 4.90 Å². The van der Waals surface area contributed by atoms with E-state index in [1.807, 2.05) is 11.3 Å². The van der Waals surface area contributed by atoms with Gasteiger partial charge in [0.25, 0.3) is 0 Å². The summed E-state index contributed by atoms with van der Waals surface area (Å²) in [6, 6.07) is 10.8. The van der Waals surface area contributed by atoms with Crippen molar-refractivity contribution in [3.05, 3.63) is 52.2 Å². The molecule has 0 amide bonds. The maximum Gasteiger partial charge on any atom is 0.141 e. The van der Waals surface area contributed by atoms with Gasteiger partial charge in [0.2, 0.25) is 0 Å². The molecule has 1 saturated heterocycles. The van der Waals surface area contributed by atoms with E-state index in [4.69, 9.17) is 9.97 Å². The first-order valence-electron chi connectivity index (χ1n) is 10.1. The number of benzene rings is 1. The lowest BCUT2D eigenvalue weighted by Crippen LogP contribution is -2.46. The Morgan fingerprint density at radius 2 is 1.81 bits per heavy atom. The first kappa shape index (κ1) is 17.1. The summed E-state index contributed by atoms with van der Waals surface area (Å²) in [4.78, 5) is 17.7. The number of aromatic nitrogens is 2. The van der Waals surface area contributed by atoms with Gasteiger partial charge in [-0.2, -0.15) is 0 Å². The fraction of sp³-hybridized carbons (Fsp3) is 0.455. The van der Waals surface area contributed by atoms with Crippen LogP contribution in [0.5, 0.6) is 0 Å². The second-order valence-corrected chi connectivity index (χ2v) is 8.69. The van der Waals surface area contributed by atoms with E-state index < -0.39 is 0 Å². The molecule has 0 bridgehead atoms. The Hall–Kier alpha value is -1.98. The van der Waals surface area contributed by atoms with Crippen LogP contribution in [0.3, 0.4) is 0 Å². The molecule has 0 unspecified atom stereocenters. The second kappa shape index (κ2) is 7.21.